The van der Waals surface area contributed by atoms with Gasteiger partial charge in [0.05, 0.1) is 6.61 Å². The van der Waals surface area contributed by atoms with Crippen LogP contribution in [-0.2, 0) is 9.53 Å². The third kappa shape index (κ3) is 12.2. The van der Waals surface area contributed by atoms with Gasteiger partial charge in [0, 0.05) is 26.2 Å². The van der Waals surface area contributed by atoms with E-state index in [-0.39, 0.29) is 12.5 Å². The smallest absolute Gasteiger partial charge is 0.241 e. The van der Waals surface area contributed by atoms with E-state index < -0.39 is 0 Å². The first-order valence-electron chi connectivity index (χ1n) is 7.80. The lowest BCUT2D eigenvalue weighted by atomic mass is 10.0. The monoisotopic (exact) mass is 300 g/mol. The Kier molecular flexibility index (Phi) is 11.7. The van der Waals surface area contributed by atoms with E-state index >= 15 is 0 Å². The average molecular weight is 300 g/mol. The molecule has 0 aliphatic carbocycles. The van der Waals surface area contributed by atoms with E-state index in [2.05, 4.69) is 41.7 Å². The number of hydrogen-bond acceptors (Lipinski definition) is 3. The van der Waals surface area contributed by atoms with Crippen LogP contribution in [0.1, 0.15) is 40.5 Å². The molecular formula is C15H32N4O2. The maximum atomic E-state index is 11.6. The number of ether oxygens (including phenoxy) is 1. The Labute approximate surface area is 129 Å². The van der Waals surface area contributed by atoms with Gasteiger partial charge in [-0.3, -0.25) is 4.79 Å². The van der Waals surface area contributed by atoms with E-state index in [0.717, 1.165) is 13.0 Å². The number of amides is 1. The van der Waals surface area contributed by atoms with Gasteiger partial charge in [-0.25, -0.2) is 4.99 Å². The van der Waals surface area contributed by atoms with Crippen molar-refractivity contribution in [3.05, 3.63) is 0 Å². The van der Waals surface area contributed by atoms with Crippen LogP contribution < -0.4 is 16.0 Å². The molecule has 6 nitrogen and oxygen atoms in total. The summed E-state index contributed by atoms with van der Waals surface area (Å²) in [6, 6.07) is 0.335. The molecule has 6 heteroatoms. The minimum atomic E-state index is -0.0981. The molecule has 0 aromatic heterocycles. The Balaban J connectivity index is 4.19. The predicted octanol–water partition coefficient (Wildman–Crippen LogP) is 1.13. The molecule has 0 radical (unpaired) electrons. The summed E-state index contributed by atoms with van der Waals surface area (Å²) < 4.78 is 4.88. The summed E-state index contributed by atoms with van der Waals surface area (Å²) in [5.41, 5.74) is 0. The molecule has 3 N–H and O–H groups in total. The van der Waals surface area contributed by atoms with Gasteiger partial charge >= 0.3 is 0 Å². The number of guanidine groups is 1. The molecule has 1 unspecified atom stereocenters. The van der Waals surface area contributed by atoms with Crippen LogP contribution in [0.3, 0.4) is 0 Å². The van der Waals surface area contributed by atoms with Crippen molar-refractivity contribution in [2.24, 2.45) is 10.9 Å². The zero-order valence-electron chi connectivity index (χ0n) is 14.2. The van der Waals surface area contributed by atoms with Gasteiger partial charge in [0.1, 0.15) is 6.54 Å². The van der Waals surface area contributed by atoms with E-state index in [1.807, 2.05) is 6.92 Å². The third-order valence-corrected chi connectivity index (χ3v) is 2.91. The zero-order chi connectivity index (χ0) is 16.1. The summed E-state index contributed by atoms with van der Waals surface area (Å²) in [4.78, 5) is 15.9. The highest BCUT2D eigenvalue weighted by Gasteiger charge is 2.07. The standard InChI is InChI=1S/C15H32N4O2/c1-6-16-15(19-13(4)8-7-12(2)3)18-11-14(20)17-9-10-21-5/h12-13H,6-11H2,1-5H3,(H,17,20)(H2,16,18,19). The van der Waals surface area contributed by atoms with Crippen molar-refractivity contribution < 1.29 is 9.53 Å². The van der Waals surface area contributed by atoms with Gasteiger partial charge < -0.3 is 20.7 Å². The van der Waals surface area contributed by atoms with Gasteiger partial charge in [0.2, 0.25) is 5.91 Å². The molecule has 0 aliphatic heterocycles. The van der Waals surface area contributed by atoms with E-state index in [1.54, 1.807) is 7.11 Å². The number of rotatable bonds is 10. The van der Waals surface area contributed by atoms with Crippen LogP contribution in [0.25, 0.3) is 0 Å². The number of carbonyl (C=O) groups excluding carboxylic acids is 1. The number of methoxy groups -OCH3 is 1. The quantitative estimate of drug-likeness (QED) is 0.321. The lowest BCUT2D eigenvalue weighted by Crippen LogP contribution is -2.43. The number of nitrogens with zero attached hydrogens (tertiary/aromatic N) is 1. The molecule has 0 aromatic carbocycles. The molecular weight excluding hydrogens is 268 g/mol. The topological polar surface area (TPSA) is 74.8 Å². The van der Waals surface area contributed by atoms with Gasteiger partial charge in [-0.2, -0.15) is 0 Å². The molecule has 124 valence electrons. The van der Waals surface area contributed by atoms with Crippen LogP contribution in [0.4, 0.5) is 0 Å². The van der Waals surface area contributed by atoms with Crippen molar-refractivity contribution in [2.45, 2.75) is 46.6 Å². The number of aliphatic imine (C=N–C) groups is 1. The van der Waals surface area contributed by atoms with E-state index in [0.29, 0.717) is 31.1 Å². The molecule has 0 rings (SSSR count). The van der Waals surface area contributed by atoms with Crippen molar-refractivity contribution in [3.63, 3.8) is 0 Å². The Hall–Kier alpha value is -1.30. The number of hydrogen-bond donors (Lipinski definition) is 3. The normalized spacial score (nSPS) is 13.1. The lowest BCUT2D eigenvalue weighted by Gasteiger charge is -2.18. The van der Waals surface area contributed by atoms with Crippen molar-refractivity contribution in [1.82, 2.24) is 16.0 Å². The molecule has 1 atom stereocenters. The summed E-state index contributed by atoms with van der Waals surface area (Å²) in [7, 11) is 1.61. The molecule has 0 bridgehead atoms. The molecule has 1 amide bonds. The summed E-state index contributed by atoms with van der Waals surface area (Å²) >= 11 is 0. The Morgan fingerprint density at radius 2 is 1.90 bits per heavy atom. The molecule has 0 aliphatic rings. The molecule has 0 heterocycles. The van der Waals surface area contributed by atoms with Crippen molar-refractivity contribution in [2.75, 3.05) is 33.4 Å². The summed E-state index contributed by atoms with van der Waals surface area (Å²) in [5.74, 6) is 1.29. The first-order valence-corrected chi connectivity index (χ1v) is 7.80. The minimum Gasteiger partial charge on any atom is -0.383 e. The largest absolute Gasteiger partial charge is 0.383 e. The molecule has 0 saturated carbocycles. The van der Waals surface area contributed by atoms with Gasteiger partial charge in [0.15, 0.2) is 5.96 Å². The summed E-state index contributed by atoms with van der Waals surface area (Å²) in [6.45, 7) is 10.5. The van der Waals surface area contributed by atoms with Gasteiger partial charge in [0.25, 0.3) is 0 Å². The van der Waals surface area contributed by atoms with Gasteiger partial charge in [-0.1, -0.05) is 13.8 Å². The van der Waals surface area contributed by atoms with Crippen LogP contribution in [0, 0.1) is 5.92 Å². The average Bonchev–Trinajstić information content (AvgIpc) is 2.43. The highest BCUT2D eigenvalue weighted by atomic mass is 16.5. The minimum absolute atomic E-state index is 0.0981. The van der Waals surface area contributed by atoms with Gasteiger partial charge in [-0.05, 0) is 32.6 Å². The first-order chi connectivity index (χ1) is 9.99. The van der Waals surface area contributed by atoms with E-state index in [9.17, 15) is 4.79 Å². The maximum Gasteiger partial charge on any atom is 0.241 e. The molecule has 0 aromatic rings. The second kappa shape index (κ2) is 12.4. The molecule has 0 fully saturated rings. The molecule has 0 saturated heterocycles. The predicted molar refractivity (Wildman–Crippen MR) is 87.5 cm³/mol. The fourth-order valence-corrected chi connectivity index (χ4v) is 1.71. The van der Waals surface area contributed by atoms with Gasteiger partial charge in [-0.15, -0.1) is 0 Å². The fourth-order valence-electron chi connectivity index (χ4n) is 1.71. The number of nitrogens with one attached hydrogen (secondary N) is 3. The lowest BCUT2D eigenvalue weighted by molar-refractivity contribution is -0.119. The second-order valence-electron chi connectivity index (χ2n) is 5.55. The van der Waals surface area contributed by atoms with E-state index in [4.69, 9.17) is 4.74 Å². The summed E-state index contributed by atoms with van der Waals surface area (Å²) in [5, 5.41) is 9.24. The Morgan fingerprint density at radius 1 is 1.19 bits per heavy atom. The van der Waals surface area contributed by atoms with Crippen molar-refractivity contribution in [1.29, 1.82) is 0 Å². The van der Waals surface area contributed by atoms with Crippen LogP contribution in [0.5, 0.6) is 0 Å². The number of carbonyl (C=O) groups is 1. The van der Waals surface area contributed by atoms with Crippen molar-refractivity contribution >= 4 is 11.9 Å². The Bertz CT molecular complexity index is 306. The summed E-state index contributed by atoms with van der Waals surface area (Å²) in [6.07, 6.45) is 2.26. The first kappa shape index (κ1) is 19.7. The van der Waals surface area contributed by atoms with Crippen LogP contribution in [0.2, 0.25) is 0 Å². The highest BCUT2D eigenvalue weighted by molar-refractivity contribution is 5.85. The van der Waals surface area contributed by atoms with E-state index in [1.165, 1.54) is 6.42 Å². The molecule has 0 spiro atoms. The van der Waals surface area contributed by atoms with Crippen LogP contribution in [0.15, 0.2) is 4.99 Å². The third-order valence-electron chi connectivity index (χ3n) is 2.91. The highest BCUT2D eigenvalue weighted by Crippen LogP contribution is 2.06. The van der Waals surface area contributed by atoms with Crippen LogP contribution in [-0.4, -0.2) is 51.3 Å². The second-order valence-corrected chi connectivity index (χ2v) is 5.55. The van der Waals surface area contributed by atoms with Crippen molar-refractivity contribution in [3.8, 4) is 0 Å². The molecule has 21 heavy (non-hydrogen) atoms. The maximum absolute atomic E-state index is 11.6. The SMILES string of the molecule is CCNC(=NCC(=O)NCCOC)NC(C)CCC(C)C. The fraction of sp³-hybridized carbons (Fsp3) is 0.867. The Morgan fingerprint density at radius 3 is 2.48 bits per heavy atom. The van der Waals surface area contributed by atoms with Crippen LogP contribution >= 0.6 is 0 Å². The zero-order valence-corrected chi connectivity index (χ0v) is 14.2.